The molecule has 0 radical (unpaired) electrons. The van der Waals surface area contributed by atoms with Gasteiger partial charge in [0.1, 0.15) is 0 Å². The highest BCUT2D eigenvalue weighted by Gasteiger charge is 2.38. The summed E-state index contributed by atoms with van der Waals surface area (Å²) in [4.78, 5) is 0. The zero-order valence-electron chi connectivity index (χ0n) is 11.7. The number of halogens is 1. The molecule has 0 saturated carbocycles. The first-order valence-electron chi connectivity index (χ1n) is 6.88. The molecular weight excluding hydrogens is 286 g/mol. The second kappa shape index (κ2) is 5.34. The van der Waals surface area contributed by atoms with Crippen molar-refractivity contribution in [1.82, 2.24) is 5.32 Å². The van der Waals surface area contributed by atoms with Gasteiger partial charge in [-0.2, -0.15) is 0 Å². The van der Waals surface area contributed by atoms with E-state index in [2.05, 4.69) is 66.3 Å². The van der Waals surface area contributed by atoms with E-state index in [9.17, 15) is 0 Å². The van der Waals surface area contributed by atoms with E-state index in [1.165, 1.54) is 29.3 Å². The fraction of sp³-hybridized carbons (Fsp3) is 0.625. The Morgan fingerprint density at radius 2 is 1.78 bits per heavy atom. The van der Waals surface area contributed by atoms with Crippen LogP contribution < -0.4 is 5.32 Å². The number of hydrogen-bond donors (Lipinski definition) is 1. The Morgan fingerprint density at radius 3 is 2.22 bits per heavy atom. The van der Waals surface area contributed by atoms with E-state index >= 15 is 0 Å². The lowest BCUT2D eigenvalue weighted by Crippen LogP contribution is -2.56. The Balaban J connectivity index is 2.00. The molecule has 1 aromatic rings. The van der Waals surface area contributed by atoms with Crippen molar-refractivity contribution >= 4 is 15.9 Å². The van der Waals surface area contributed by atoms with Gasteiger partial charge in [0.15, 0.2) is 0 Å². The molecule has 2 heteroatoms. The number of rotatable bonds is 4. The van der Waals surface area contributed by atoms with Crippen LogP contribution in [0.1, 0.15) is 45.6 Å². The first kappa shape index (κ1) is 14.1. The highest BCUT2D eigenvalue weighted by Crippen LogP contribution is 2.36. The lowest BCUT2D eigenvalue weighted by molar-refractivity contribution is 0.234. The van der Waals surface area contributed by atoms with Crippen molar-refractivity contribution in [3.63, 3.8) is 0 Å². The molecular formula is C16H24BrN. The first-order chi connectivity index (χ1) is 8.41. The van der Waals surface area contributed by atoms with Crippen LogP contribution in [-0.2, 0) is 5.41 Å². The Morgan fingerprint density at radius 1 is 1.17 bits per heavy atom. The van der Waals surface area contributed by atoms with Crippen molar-refractivity contribution in [3.8, 4) is 0 Å². The molecule has 1 aliphatic heterocycles. The summed E-state index contributed by atoms with van der Waals surface area (Å²) in [7, 11) is 0. The van der Waals surface area contributed by atoms with Gasteiger partial charge in [-0.1, -0.05) is 55.3 Å². The molecule has 0 unspecified atom stereocenters. The molecule has 0 aliphatic carbocycles. The van der Waals surface area contributed by atoms with E-state index in [4.69, 9.17) is 0 Å². The van der Waals surface area contributed by atoms with Gasteiger partial charge in [-0.25, -0.2) is 0 Å². The van der Waals surface area contributed by atoms with Gasteiger partial charge in [-0.15, -0.1) is 0 Å². The molecule has 2 rings (SSSR count). The second-order valence-corrected chi connectivity index (χ2v) is 7.72. The molecule has 18 heavy (non-hydrogen) atoms. The monoisotopic (exact) mass is 309 g/mol. The lowest BCUT2D eigenvalue weighted by atomic mass is 9.71. The summed E-state index contributed by atoms with van der Waals surface area (Å²) in [5.74, 6) is 0. The highest BCUT2D eigenvalue weighted by atomic mass is 79.9. The zero-order chi connectivity index (χ0) is 13.2. The molecule has 1 aromatic carbocycles. The van der Waals surface area contributed by atoms with Crippen LogP contribution in [0, 0.1) is 5.41 Å². The standard InChI is InChI=1S/C16H24BrN/c1-15(2,3)9-4-10-16(11-18-12-16)13-5-7-14(17)8-6-13/h5-8,18H,4,9-12H2,1-3H3. The molecule has 1 N–H and O–H groups in total. The SMILES string of the molecule is CC(C)(C)CCCC1(c2ccc(Br)cc2)CNC1. The van der Waals surface area contributed by atoms with Crippen LogP contribution in [0.5, 0.6) is 0 Å². The van der Waals surface area contributed by atoms with E-state index < -0.39 is 0 Å². The third-order valence-electron chi connectivity index (χ3n) is 3.97. The van der Waals surface area contributed by atoms with Gasteiger partial charge >= 0.3 is 0 Å². The third-order valence-corrected chi connectivity index (χ3v) is 4.49. The number of hydrogen-bond acceptors (Lipinski definition) is 1. The Labute approximate surface area is 119 Å². The van der Waals surface area contributed by atoms with Crippen LogP contribution in [0.2, 0.25) is 0 Å². The van der Waals surface area contributed by atoms with E-state index in [0.29, 0.717) is 10.8 Å². The van der Waals surface area contributed by atoms with E-state index in [-0.39, 0.29) is 0 Å². The predicted octanol–water partition coefficient (Wildman–Crippen LogP) is 4.51. The summed E-state index contributed by atoms with van der Waals surface area (Å²) >= 11 is 3.52. The maximum Gasteiger partial charge on any atom is 0.0202 e. The largest absolute Gasteiger partial charge is 0.315 e. The van der Waals surface area contributed by atoms with Crippen molar-refractivity contribution in [2.24, 2.45) is 5.41 Å². The van der Waals surface area contributed by atoms with Crippen LogP contribution in [0.3, 0.4) is 0 Å². The highest BCUT2D eigenvalue weighted by molar-refractivity contribution is 9.10. The van der Waals surface area contributed by atoms with E-state index in [1.807, 2.05) is 0 Å². The smallest absolute Gasteiger partial charge is 0.0202 e. The van der Waals surface area contributed by atoms with Gasteiger partial charge < -0.3 is 5.32 Å². The molecule has 0 atom stereocenters. The van der Waals surface area contributed by atoms with Crippen LogP contribution >= 0.6 is 15.9 Å². The summed E-state index contributed by atoms with van der Waals surface area (Å²) < 4.78 is 1.17. The molecule has 1 saturated heterocycles. The molecule has 1 fully saturated rings. The van der Waals surface area contributed by atoms with E-state index in [0.717, 1.165) is 13.1 Å². The Hall–Kier alpha value is -0.340. The molecule has 1 nitrogen and oxygen atoms in total. The van der Waals surface area contributed by atoms with Crippen molar-refractivity contribution < 1.29 is 0 Å². The Bertz CT molecular complexity index is 385. The van der Waals surface area contributed by atoms with Gasteiger partial charge in [0.25, 0.3) is 0 Å². The second-order valence-electron chi connectivity index (χ2n) is 6.80. The van der Waals surface area contributed by atoms with Crippen LogP contribution in [-0.4, -0.2) is 13.1 Å². The van der Waals surface area contributed by atoms with Gasteiger partial charge in [0, 0.05) is 23.0 Å². The van der Waals surface area contributed by atoms with Crippen molar-refractivity contribution in [1.29, 1.82) is 0 Å². The maximum absolute atomic E-state index is 3.52. The fourth-order valence-corrected chi connectivity index (χ4v) is 2.98. The van der Waals surface area contributed by atoms with Crippen molar-refractivity contribution in [2.45, 2.75) is 45.4 Å². The number of benzene rings is 1. The van der Waals surface area contributed by atoms with Crippen LogP contribution in [0.15, 0.2) is 28.7 Å². The van der Waals surface area contributed by atoms with E-state index in [1.54, 1.807) is 0 Å². The molecule has 0 amide bonds. The van der Waals surface area contributed by atoms with Crippen molar-refractivity contribution in [2.75, 3.05) is 13.1 Å². The summed E-state index contributed by atoms with van der Waals surface area (Å²) in [5.41, 5.74) is 2.35. The topological polar surface area (TPSA) is 12.0 Å². The molecule has 100 valence electrons. The minimum atomic E-state index is 0.395. The molecule has 0 aromatic heterocycles. The molecule has 0 bridgehead atoms. The third kappa shape index (κ3) is 3.36. The fourth-order valence-electron chi connectivity index (χ4n) is 2.71. The van der Waals surface area contributed by atoms with Crippen LogP contribution in [0.4, 0.5) is 0 Å². The normalized spacial score (nSPS) is 18.4. The minimum Gasteiger partial charge on any atom is -0.315 e. The van der Waals surface area contributed by atoms with Gasteiger partial charge in [-0.05, 0) is 36.0 Å². The summed E-state index contributed by atoms with van der Waals surface area (Å²) in [6.45, 7) is 9.27. The molecule has 1 heterocycles. The average molecular weight is 310 g/mol. The molecule has 1 aliphatic rings. The van der Waals surface area contributed by atoms with Gasteiger partial charge in [-0.3, -0.25) is 0 Å². The maximum atomic E-state index is 3.52. The summed E-state index contributed by atoms with van der Waals surface area (Å²) in [5, 5.41) is 3.45. The predicted molar refractivity (Wildman–Crippen MR) is 82.0 cm³/mol. The van der Waals surface area contributed by atoms with Gasteiger partial charge in [0.05, 0.1) is 0 Å². The van der Waals surface area contributed by atoms with Crippen LogP contribution in [0.25, 0.3) is 0 Å². The average Bonchev–Trinajstić information content (AvgIpc) is 2.22. The summed E-state index contributed by atoms with van der Waals surface area (Å²) in [6.07, 6.45) is 3.94. The zero-order valence-corrected chi connectivity index (χ0v) is 13.3. The quantitative estimate of drug-likeness (QED) is 0.863. The lowest BCUT2D eigenvalue weighted by Gasteiger charge is -2.44. The summed E-state index contributed by atoms with van der Waals surface area (Å²) in [6, 6.07) is 8.89. The minimum absolute atomic E-state index is 0.395. The van der Waals surface area contributed by atoms with Crippen molar-refractivity contribution in [3.05, 3.63) is 34.3 Å². The Kier molecular flexibility index (Phi) is 4.18. The molecule has 0 spiro atoms. The number of nitrogens with one attached hydrogen (secondary N) is 1. The van der Waals surface area contributed by atoms with Gasteiger partial charge in [0.2, 0.25) is 0 Å². The first-order valence-corrected chi connectivity index (χ1v) is 7.67.